The highest BCUT2D eigenvalue weighted by Crippen LogP contribution is 2.38. The lowest BCUT2D eigenvalue weighted by molar-refractivity contribution is 0.355. The molecule has 1 saturated heterocycles. The number of phenols is 3. The predicted molar refractivity (Wildman–Crippen MR) is 46.8 cm³/mol. The van der Waals surface area contributed by atoms with Gasteiger partial charge < -0.3 is 20.6 Å². The average Bonchev–Trinajstić information content (AvgIpc) is 1.96. The van der Waals surface area contributed by atoms with Crippen LogP contribution in [0, 0.1) is 0 Å². The second-order valence-corrected chi connectivity index (χ2v) is 3.20. The van der Waals surface area contributed by atoms with Crippen LogP contribution in [0.3, 0.4) is 0 Å². The Kier molecular flexibility index (Phi) is 1.77. The first-order valence-electron chi connectivity index (χ1n) is 4.16. The molecule has 1 aromatic carbocycles. The van der Waals surface area contributed by atoms with Crippen LogP contribution in [0.15, 0.2) is 12.1 Å². The molecule has 0 amide bonds. The minimum atomic E-state index is -0.455. The van der Waals surface area contributed by atoms with E-state index in [0.717, 1.165) is 18.5 Å². The van der Waals surface area contributed by atoms with Crippen molar-refractivity contribution in [1.82, 2.24) is 5.32 Å². The van der Waals surface area contributed by atoms with Crippen molar-refractivity contribution < 1.29 is 15.3 Å². The van der Waals surface area contributed by atoms with Gasteiger partial charge in [-0.05, 0) is 30.7 Å². The highest BCUT2D eigenvalue weighted by molar-refractivity contribution is 5.51. The van der Waals surface area contributed by atoms with Gasteiger partial charge in [0.25, 0.3) is 0 Å². The third-order valence-electron chi connectivity index (χ3n) is 2.32. The molecule has 70 valence electrons. The zero-order chi connectivity index (χ0) is 9.42. The fourth-order valence-electron chi connectivity index (χ4n) is 1.40. The molecular weight excluding hydrogens is 170 g/mol. The van der Waals surface area contributed by atoms with E-state index in [4.69, 9.17) is 5.11 Å². The summed E-state index contributed by atoms with van der Waals surface area (Å²) in [6, 6.07) is 3.12. The lowest BCUT2D eigenvalue weighted by Crippen LogP contribution is -2.34. The molecule has 0 aromatic heterocycles. The Bertz CT molecular complexity index is 311. The van der Waals surface area contributed by atoms with Crippen molar-refractivity contribution in [3.8, 4) is 17.2 Å². The van der Waals surface area contributed by atoms with Crippen molar-refractivity contribution in [2.24, 2.45) is 0 Å². The minimum Gasteiger partial charge on any atom is -0.504 e. The Morgan fingerprint density at radius 1 is 1.15 bits per heavy atom. The molecule has 1 aliphatic heterocycles. The second-order valence-electron chi connectivity index (χ2n) is 3.20. The monoisotopic (exact) mass is 181 g/mol. The standard InChI is InChI=1S/C9H11NO3/c11-7-3-5(6-1-2-10-6)4-8(12)9(7)13/h3-4,6,10-13H,1-2H2/t6-/m0/s1. The highest BCUT2D eigenvalue weighted by atomic mass is 16.3. The summed E-state index contributed by atoms with van der Waals surface area (Å²) in [5.41, 5.74) is 0.805. The molecule has 0 unspecified atom stereocenters. The molecule has 4 nitrogen and oxygen atoms in total. The van der Waals surface area contributed by atoms with Crippen LogP contribution in [0.4, 0.5) is 0 Å². The van der Waals surface area contributed by atoms with Crippen LogP contribution in [0.1, 0.15) is 18.0 Å². The van der Waals surface area contributed by atoms with Crippen LogP contribution in [-0.4, -0.2) is 21.9 Å². The molecule has 1 aromatic rings. The van der Waals surface area contributed by atoms with E-state index >= 15 is 0 Å². The Balaban J connectivity index is 2.37. The quantitative estimate of drug-likeness (QED) is 0.484. The van der Waals surface area contributed by atoms with Crippen molar-refractivity contribution in [3.63, 3.8) is 0 Å². The van der Waals surface area contributed by atoms with Gasteiger partial charge in [0, 0.05) is 6.04 Å². The minimum absolute atomic E-state index is 0.192. The van der Waals surface area contributed by atoms with E-state index in [2.05, 4.69) is 5.32 Å². The molecule has 1 aliphatic rings. The first kappa shape index (κ1) is 8.19. The predicted octanol–water partition coefficient (Wildman–Crippen LogP) is 0.838. The molecule has 2 rings (SSSR count). The molecule has 0 saturated carbocycles. The van der Waals surface area contributed by atoms with E-state index in [1.807, 2.05) is 0 Å². The fourth-order valence-corrected chi connectivity index (χ4v) is 1.40. The maximum Gasteiger partial charge on any atom is 0.200 e. The Morgan fingerprint density at radius 3 is 2.08 bits per heavy atom. The summed E-state index contributed by atoms with van der Waals surface area (Å²) >= 11 is 0. The molecule has 0 spiro atoms. The molecule has 0 radical (unpaired) electrons. The smallest absolute Gasteiger partial charge is 0.200 e. The molecule has 1 heterocycles. The summed E-state index contributed by atoms with van der Waals surface area (Å²) in [5, 5.41) is 30.6. The van der Waals surface area contributed by atoms with E-state index in [0.29, 0.717) is 0 Å². The lowest BCUT2D eigenvalue weighted by atomic mass is 9.97. The number of phenolic OH excluding ortho intramolecular Hbond substituents is 3. The SMILES string of the molecule is Oc1cc([C@@H]2CCN2)cc(O)c1O. The number of aromatic hydroxyl groups is 3. The molecule has 4 heteroatoms. The summed E-state index contributed by atoms with van der Waals surface area (Å²) in [6.07, 6.45) is 0.990. The molecule has 4 N–H and O–H groups in total. The first-order valence-corrected chi connectivity index (χ1v) is 4.16. The normalized spacial score (nSPS) is 21.1. The van der Waals surface area contributed by atoms with Crippen LogP contribution in [0.2, 0.25) is 0 Å². The summed E-state index contributed by atoms with van der Waals surface area (Å²) < 4.78 is 0. The van der Waals surface area contributed by atoms with Gasteiger partial charge in [0.15, 0.2) is 17.2 Å². The third kappa shape index (κ3) is 1.29. The summed E-state index contributed by atoms with van der Waals surface area (Å²) in [7, 11) is 0. The number of hydrogen-bond donors (Lipinski definition) is 4. The first-order chi connectivity index (χ1) is 6.18. The van der Waals surface area contributed by atoms with E-state index < -0.39 is 5.75 Å². The van der Waals surface area contributed by atoms with Gasteiger partial charge in [-0.15, -0.1) is 0 Å². The van der Waals surface area contributed by atoms with Gasteiger partial charge in [-0.2, -0.15) is 0 Å². The number of nitrogens with one attached hydrogen (secondary N) is 1. The molecule has 0 bridgehead atoms. The van der Waals surface area contributed by atoms with Crippen molar-refractivity contribution in [2.45, 2.75) is 12.5 Å². The third-order valence-corrected chi connectivity index (χ3v) is 2.32. The Labute approximate surface area is 75.5 Å². The molecule has 13 heavy (non-hydrogen) atoms. The van der Waals surface area contributed by atoms with Gasteiger partial charge in [0.1, 0.15) is 0 Å². The van der Waals surface area contributed by atoms with Gasteiger partial charge in [0.05, 0.1) is 0 Å². The fraction of sp³-hybridized carbons (Fsp3) is 0.333. The zero-order valence-electron chi connectivity index (χ0n) is 6.99. The van der Waals surface area contributed by atoms with Crippen molar-refractivity contribution in [2.75, 3.05) is 6.54 Å². The van der Waals surface area contributed by atoms with Gasteiger partial charge in [-0.25, -0.2) is 0 Å². The van der Waals surface area contributed by atoms with E-state index in [-0.39, 0.29) is 17.5 Å². The molecule has 0 aliphatic carbocycles. The van der Waals surface area contributed by atoms with E-state index in [1.165, 1.54) is 12.1 Å². The summed E-state index contributed by atoms with van der Waals surface area (Å²) in [6.45, 7) is 0.951. The molecule has 1 fully saturated rings. The number of benzene rings is 1. The summed E-state index contributed by atoms with van der Waals surface area (Å²) in [4.78, 5) is 0. The Morgan fingerprint density at radius 2 is 1.69 bits per heavy atom. The average molecular weight is 181 g/mol. The maximum absolute atomic E-state index is 9.21. The summed E-state index contributed by atoms with van der Waals surface area (Å²) in [5.74, 6) is -1.00. The van der Waals surface area contributed by atoms with Crippen LogP contribution in [0.5, 0.6) is 17.2 Å². The van der Waals surface area contributed by atoms with Crippen LogP contribution in [-0.2, 0) is 0 Å². The van der Waals surface area contributed by atoms with Gasteiger partial charge in [0.2, 0.25) is 0 Å². The maximum atomic E-state index is 9.21. The Hall–Kier alpha value is -1.42. The van der Waals surface area contributed by atoms with Gasteiger partial charge >= 0.3 is 0 Å². The largest absolute Gasteiger partial charge is 0.504 e. The molecular formula is C9H11NO3. The topological polar surface area (TPSA) is 72.7 Å². The number of hydrogen-bond acceptors (Lipinski definition) is 4. The number of rotatable bonds is 1. The lowest BCUT2D eigenvalue weighted by Gasteiger charge is -2.28. The van der Waals surface area contributed by atoms with Gasteiger partial charge in [-0.1, -0.05) is 0 Å². The highest BCUT2D eigenvalue weighted by Gasteiger charge is 2.20. The van der Waals surface area contributed by atoms with Crippen molar-refractivity contribution in [1.29, 1.82) is 0 Å². The van der Waals surface area contributed by atoms with Crippen LogP contribution in [0.25, 0.3) is 0 Å². The van der Waals surface area contributed by atoms with Gasteiger partial charge in [-0.3, -0.25) is 0 Å². The zero-order valence-corrected chi connectivity index (χ0v) is 6.99. The van der Waals surface area contributed by atoms with Crippen molar-refractivity contribution >= 4 is 0 Å². The molecule has 1 atom stereocenters. The van der Waals surface area contributed by atoms with E-state index in [1.54, 1.807) is 0 Å². The van der Waals surface area contributed by atoms with E-state index in [9.17, 15) is 10.2 Å². The van der Waals surface area contributed by atoms with Crippen LogP contribution >= 0.6 is 0 Å². The van der Waals surface area contributed by atoms with Crippen molar-refractivity contribution in [3.05, 3.63) is 17.7 Å². The second kappa shape index (κ2) is 2.81. The van der Waals surface area contributed by atoms with Crippen LogP contribution < -0.4 is 5.32 Å².